The molecule has 0 radical (unpaired) electrons. The lowest BCUT2D eigenvalue weighted by atomic mass is 10.1. The van der Waals surface area contributed by atoms with Gasteiger partial charge in [-0.2, -0.15) is 0 Å². The number of hydrogen-bond acceptors (Lipinski definition) is 8. The van der Waals surface area contributed by atoms with Gasteiger partial charge >= 0.3 is 5.97 Å². The monoisotopic (exact) mass is 375 g/mol. The van der Waals surface area contributed by atoms with Crippen molar-refractivity contribution < 1.29 is 28.5 Å². The van der Waals surface area contributed by atoms with Crippen molar-refractivity contribution >= 4 is 22.8 Å². The molecule has 0 saturated carbocycles. The molecule has 2 rings (SSSR count). The molecule has 27 heavy (non-hydrogen) atoms. The topological polar surface area (TPSA) is 109 Å². The standard InChI is InChI=1S/C18H21N3O6/c1-24-14-10-12-11(16(26-3)17(14)27-4)9-13(21-20-12)18(23)19-8-6-5-7-15(22)25-2/h5,7,9-10H,6,8H2,1-4H3,(H,19,23)/b7-5+. The second-order valence-electron chi connectivity index (χ2n) is 5.28. The summed E-state index contributed by atoms with van der Waals surface area (Å²) in [6.45, 7) is 0.328. The first kappa shape index (κ1) is 20.0. The molecule has 0 unspecified atom stereocenters. The first-order chi connectivity index (χ1) is 13.0. The van der Waals surface area contributed by atoms with E-state index in [1.54, 1.807) is 18.2 Å². The maximum Gasteiger partial charge on any atom is 0.330 e. The number of fused-ring (bicyclic) bond motifs is 1. The van der Waals surface area contributed by atoms with Gasteiger partial charge in [-0.25, -0.2) is 4.79 Å². The summed E-state index contributed by atoms with van der Waals surface area (Å²) < 4.78 is 20.5. The van der Waals surface area contributed by atoms with E-state index in [2.05, 4.69) is 20.3 Å². The number of methoxy groups -OCH3 is 4. The third kappa shape index (κ3) is 4.63. The van der Waals surface area contributed by atoms with Crippen LogP contribution in [0.25, 0.3) is 10.9 Å². The Labute approximate surface area is 156 Å². The lowest BCUT2D eigenvalue weighted by molar-refractivity contribution is -0.134. The Morgan fingerprint density at radius 3 is 2.41 bits per heavy atom. The molecule has 9 nitrogen and oxygen atoms in total. The van der Waals surface area contributed by atoms with Crippen LogP contribution < -0.4 is 19.5 Å². The molecule has 0 aliphatic rings. The Kier molecular flexibility index (Phi) is 6.93. The Hall–Kier alpha value is -3.36. The second-order valence-corrected chi connectivity index (χ2v) is 5.28. The number of aromatic nitrogens is 2. The van der Waals surface area contributed by atoms with Crippen LogP contribution in [0.2, 0.25) is 0 Å². The van der Waals surface area contributed by atoms with Crippen molar-refractivity contribution in [1.29, 1.82) is 0 Å². The van der Waals surface area contributed by atoms with Gasteiger partial charge in [0.25, 0.3) is 5.91 Å². The molecular formula is C18H21N3O6. The molecule has 1 heterocycles. The van der Waals surface area contributed by atoms with Gasteiger partial charge in [0.05, 0.1) is 33.8 Å². The molecule has 1 aromatic carbocycles. The Bertz CT molecular complexity index is 866. The van der Waals surface area contributed by atoms with Gasteiger partial charge in [0, 0.05) is 18.7 Å². The fraction of sp³-hybridized carbons (Fsp3) is 0.333. The average molecular weight is 375 g/mol. The summed E-state index contributed by atoms with van der Waals surface area (Å²) in [7, 11) is 5.79. The van der Waals surface area contributed by atoms with Gasteiger partial charge in [-0.15, -0.1) is 10.2 Å². The molecule has 9 heteroatoms. The lowest BCUT2D eigenvalue weighted by Crippen LogP contribution is -2.25. The SMILES string of the molecule is COC(=O)/C=C/CCNC(=O)c1cc2c(OC)c(OC)c(OC)cc2nn1. The smallest absolute Gasteiger partial charge is 0.330 e. The molecule has 0 bridgehead atoms. The highest BCUT2D eigenvalue weighted by molar-refractivity contribution is 5.98. The maximum absolute atomic E-state index is 12.3. The Balaban J connectivity index is 2.21. The van der Waals surface area contributed by atoms with Gasteiger partial charge < -0.3 is 24.3 Å². The van der Waals surface area contributed by atoms with Crippen LogP contribution >= 0.6 is 0 Å². The van der Waals surface area contributed by atoms with Crippen molar-refractivity contribution in [2.75, 3.05) is 35.0 Å². The third-order valence-corrected chi connectivity index (χ3v) is 3.68. The van der Waals surface area contributed by atoms with E-state index in [1.165, 1.54) is 34.5 Å². The molecule has 144 valence electrons. The minimum Gasteiger partial charge on any atom is -0.493 e. The number of carbonyl (C=O) groups excluding carboxylic acids is 2. The maximum atomic E-state index is 12.3. The number of carbonyl (C=O) groups is 2. The van der Waals surface area contributed by atoms with Crippen molar-refractivity contribution in [3.05, 3.63) is 30.0 Å². The quantitative estimate of drug-likeness (QED) is 0.420. The molecule has 0 atom stereocenters. The van der Waals surface area contributed by atoms with E-state index in [-0.39, 0.29) is 5.69 Å². The van der Waals surface area contributed by atoms with Gasteiger partial charge in [0.2, 0.25) is 5.75 Å². The van der Waals surface area contributed by atoms with Crippen LogP contribution in [0, 0.1) is 0 Å². The highest BCUT2D eigenvalue weighted by atomic mass is 16.5. The zero-order valence-corrected chi connectivity index (χ0v) is 15.6. The fourth-order valence-electron chi connectivity index (χ4n) is 2.38. The van der Waals surface area contributed by atoms with Crippen LogP contribution in [0.5, 0.6) is 17.2 Å². The molecular weight excluding hydrogens is 354 g/mol. The first-order valence-corrected chi connectivity index (χ1v) is 8.04. The molecule has 1 aromatic heterocycles. The van der Waals surface area contributed by atoms with Crippen molar-refractivity contribution in [2.45, 2.75) is 6.42 Å². The van der Waals surface area contributed by atoms with Crippen LogP contribution in [0.15, 0.2) is 24.3 Å². The molecule has 2 aromatic rings. The second kappa shape index (κ2) is 9.37. The van der Waals surface area contributed by atoms with E-state index in [0.29, 0.717) is 41.1 Å². The number of nitrogens with zero attached hydrogens (tertiary/aromatic N) is 2. The number of rotatable bonds is 8. The predicted molar refractivity (Wildman–Crippen MR) is 97.3 cm³/mol. The van der Waals surface area contributed by atoms with Crippen molar-refractivity contribution in [1.82, 2.24) is 15.5 Å². The molecule has 0 aliphatic heterocycles. The van der Waals surface area contributed by atoms with Gasteiger partial charge in [0.1, 0.15) is 5.52 Å². The van der Waals surface area contributed by atoms with Gasteiger partial charge in [-0.3, -0.25) is 4.79 Å². The van der Waals surface area contributed by atoms with Crippen LogP contribution in [0.3, 0.4) is 0 Å². The number of ether oxygens (including phenoxy) is 4. The van der Waals surface area contributed by atoms with E-state index < -0.39 is 11.9 Å². The van der Waals surface area contributed by atoms with Crippen LogP contribution in [-0.4, -0.2) is 57.1 Å². The van der Waals surface area contributed by atoms with Crippen molar-refractivity contribution in [2.24, 2.45) is 0 Å². The normalized spacial score (nSPS) is 10.7. The summed E-state index contributed by atoms with van der Waals surface area (Å²) in [5, 5.41) is 11.3. The number of benzene rings is 1. The van der Waals surface area contributed by atoms with Crippen LogP contribution in [0.4, 0.5) is 0 Å². The summed E-state index contributed by atoms with van der Waals surface area (Å²) in [4.78, 5) is 23.3. The van der Waals surface area contributed by atoms with Gasteiger partial charge in [-0.05, 0) is 12.5 Å². The number of nitrogens with one attached hydrogen (secondary N) is 1. The van der Waals surface area contributed by atoms with Crippen molar-refractivity contribution in [3.8, 4) is 17.2 Å². The Morgan fingerprint density at radius 2 is 1.78 bits per heavy atom. The average Bonchev–Trinajstić information content (AvgIpc) is 2.70. The summed E-state index contributed by atoms with van der Waals surface area (Å²) in [5.74, 6) is 0.410. The summed E-state index contributed by atoms with van der Waals surface area (Å²) in [6.07, 6.45) is 3.38. The van der Waals surface area contributed by atoms with Crippen molar-refractivity contribution in [3.63, 3.8) is 0 Å². The minimum absolute atomic E-state index is 0.130. The highest BCUT2D eigenvalue weighted by Gasteiger charge is 2.19. The van der Waals surface area contributed by atoms with E-state index in [4.69, 9.17) is 14.2 Å². The lowest BCUT2D eigenvalue weighted by Gasteiger charge is -2.14. The number of amides is 1. The zero-order chi connectivity index (χ0) is 19.8. The summed E-state index contributed by atoms with van der Waals surface area (Å²) >= 11 is 0. The molecule has 0 aliphatic carbocycles. The minimum atomic E-state index is -0.446. The summed E-state index contributed by atoms with van der Waals surface area (Å²) in [6, 6.07) is 3.23. The van der Waals surface area contributed by atoms with E-state index in [9.17, 15) is 9.59 Å². The molecule has 0 saturated heterocycles. The molecule has 0 fully saturated rings. The van der Waals surface area contributed by atoms with Gasteiger partial charge in [0.15, 0.2) is 17.2 Å². The van der Waals surface area contributed by atoms with E-state index >= 15 is 0 Å². The fourth-order valence-corrected chi connectivity index (χ4v) is 2.38. The molecule has 1 N–H and O–H groups in total. The molecule has 0 spiro atoms. The predicted octanol–water partition coefficient (Wildman–Crippen LogP) is 1.50. The van der Waals surface area contributed by atoms with E-state index in [0.717, 1.165) is 0 Å². The third-order valence-electron chi connectivity index (χ3n) is 3.68. The highest BCUT2D eigenvalue weighted by Crippen LogP contribution is 2.42. The number of esters is 1. The van der Waals surface area contributed by atoms with Crippen LogP contribution in [-0.2, 0) is 9.53 Å². The Morgan fingerprint density at radius 1 is 1.04 bits per heavy atom. The van der Waals surface area contributed by atoms with Crippen LogP contribution in [0.1, 0.15) is 16.9 Å². The summed E-state index contributed by atoms with van der Waals surface area (Å²) in [5.41, 5.74) is 0.632. The zero-order valence-electron chi connectivity index (χ0n) is 15.6. The van der Waals surface area contributed by atoms with Gasteiger partial charge in [-0.1, -0.05) is 6.08 Å². The number of hydrogen-bond donors (Lipinski definition) is 1. The first-order valence-electron chi connectivity index (χ1n) is 8.04. The molecule has 1 amide bonds. The van der Waals surface area contributed by atoms with E-state index in [1.807, 2.05) is 0 Å². The largest absolute Gasteiger partial charge is 0.493 e.